The van der Waals surface area contributed by atoms with Crippen LogP contribution in [0.2, 0.25) is 0 Å². The molecule has 0 aliphatic heterocycles. The van der Waals surface area contributed by atoms with E-state index in [0.29, 0.717) is 34.7 Å². The zero-order valence-corrected chi connectivity index (χ0v) is 17.5. The van der Waals surface area contributed by atoms with E-state index < -0.39 is 17.8 Å². The van der Waals surface area contributed by atoms with Crippen LogP contribution >= 0.6 is 0 Å². The fraction of sp³-hybridized carbons (Fsp3) is 0.120. The van der Waals surface area contributed by atoms with Gasteiger partial charge in [0.1, 0.15) is 17.6 Å². The highest BCUT2D eigenvalue weighted by Crippen LogP contribution is 2.26. The highest BCUT2D eigenvalue weighted by atomic mass is 19.1. The summed E-state index contributed by atoms with van der Waals surface area (Å²) in [6.45, 7) is 2.15. The van der Waals surface area contributed by atoms with Gasteiger partial charge in [-0.3, -0.25) is 4.79 Å². The van der Waals surface area contributed by atoms with Crippen LogP contribution in [0.5, 0.6) is 0 Å². The maximum absolute atomic E-state index is 14.3. The summed E-state index contributed by atoms with van der Waals surface area (Å²) in [5, 5.41) is 17.8. The minimum absolute atomic E-state index is 0.237. The first kappa shape index (κ1) is 21.4. The van der Waals surface area contributed by atoms with E-state index in [1.807, 2.05) is 30.3 Å². The SMILES string of the molecule is Cc1cc(C(=O)Nc2cc(F)cc(C(O)c3ccccc3)c2)n(-c2cccc(CN)c2)n1. The molecule has 0 spiro atoms. The number of benzene rings is 3. The Kier molecular flexibility index (Phi) is 6.11. The van der Waals surface area contributed by atoms with Crippen LogP contribution in [0.3, 0.4) is 0 Å². The lowest BCUT2D eigenvalue weighted by molar-refractivity contribution is 0.101. The normalized spacial score (nSPS) is 11.9. The van der Waals surface area contributed by atoms with E-state index in [4.69, 9.17) is 5.73 Å². The summed E-state index contributed by atoms with van der Waals surface area (Å²) >= 11 is 0. The Morgan fingerprint density at radius 3 is 2.59 bits per heavy atom. The first-order valence-electron chi connectivity index (χ1n) is 10.2. The Morgan fingerprint density at radius 1 is 1.06 bits per heavy atom. The zero-order valence-electron chi connectivity index (χ0n) is 17.5. The second kappa shape index (κ2) is 9.13. The Bertz CT molecular complexity index is 1250. The molecule has 1 amide bonds. The molecule has 0 aliphatic rings. The van der Waals surface area contributed by atoms with Gasteiger partial charge in [-0.05, 0) is 60.0 Å². The quantitative estimate of drug-likeness (QED) is 0.429. The van der Waals surface area contributed by atoms with E-state index in [0.717, 1.165) is 5.56 Å². The number of amides is 1. The molecule has 1 unspecified atom stereocenters. The minimum Gasteiger partial charge on any atom is -0.384 e. The predicted octanol–water partition coefficient (Wildman–Crippen LogP) is 4.11. The molecule has 0 aliphatic carbocycles. The fourth-order valence-corrected chi connectivity index (χ4v) is 3.54. The maximum atomic E-state index is 14.3. The summed E-state index contributed by atoms with van der Waals surface area (Å²) in [5.74, 6) is -1.01. The number of aliphatic hydroxyl groups is 1. The summed E-state index contributed by atoms with van der Waals surface area (Å²) in [7, 11) is 0. The molecule has 3 aromatic carbocycles. The van der Waals surface area contributed by atoms with Crippen LogP contribution in [0.15, 0.2) is 78.9 Å². The molecule has 0 saturated heterocycles. The molecule has 1 atom stereocenters. The number of aliphatic hydroxyl groups excluding tert-OH is 1. The number of aryl methyl sites for hydroxylation is 1. The molecule has 32 heavy (non-hydrogen) atoms. The predicted molar refractivity (Wildman–Crippen MR) is 121 cm³/mol. The number of hydrogen-bond acceptors (Lipinski definition) is 4. The Labute approximate surface area is 185 Å². The number of hydrogen-bond donors (Lipinski definition) is 3. The lowest BCUT2D eigenvalue weighted by Gasteiger charge is -2.14. The van der Waals surface area contributed by atoms with Crippen molar-refractivity contribution in [1.29, 1.82) is 0 Å². The largest absolute Gasteiger partial charge is 0.384 e. The minimum atomic E-state index is -1.02. The van der Waals surface area contributed by atoms with Crippen LogP contribution in [-0.2, 0) is 6.54 Å². The van der Waals surface area contributed by atoms with Gasteiger partial charge in [-0.2, -0.15) is 5.10 Å². The van der Waals surface area contributed by atoms with Crippen molar-refractivity contribution < 1.29 is 14.3 Å². The molecule has 0 bridgehead atoms. The van der Waals surface area contributed by atoms with Crippen molar-refractivity contribution in [2.75, 3.05) is 5.32 Å². The second-order valence-corrected chi connectivity index (χ2v) is 7.50. The van der Waals surface area contributed by atoms with Gasteiger partial charge >= 0.3 is 0 Å². The van der Waals surface area contributed by atoms with Crippen LogP contribution in [0.1, 0.15) is 39.0 Å². The van der Waals surface area contributed by atoms with Crippen molar-refractivity contribution in [1.82, 2.24) is 9.78 Å². The van der Waals surface area contributed by atoms with Crippen LogP contribution in [0, 0.1) is 12.7 Å². The van der Waals surface area contributed by atoms with Crippen LogP contribution in [0.4, 0.5) is 10.1 Å². The highest BCUT2D eigenvalue weighted by molar-refractivity contribution is 6.03. The first-order valence-corrected chi connectivity index (χ1v) is 10.2. The molecule has 4 aromatic rings. The van der Waals surface area contributed by atoms with Gasteiger partial charge in [-0.25, -0.2) is 9.07 Å². The molecule has 7 heteroatoms. The lowest BCUT2D eigenvalue weighted by Crippen LogP contribution is -2.17. The number of rotatable bonds is 6. The van der Waals surface area contributed by atoms with Gasteiger partial charge in [0.25, 0.3) is 5.91 Å². The van der Waals surface area contributed by atoms with E-state index in [1.54, 1.807) is 43.3 Å². The van der Waals surface area contributed by atoms with Gasteiger partial charge < -0.3 is 16.2 Å². The van der Waals surface area contributed by atoms with Crippen molar-refractivity contribution in [2.45, 2.75) is 19.6 Å². The third kappa shape index (κ3) is 4.59. The van der Waals surface area contributed by atoms with Crippen LogP contribution in [0.25, 0.3) is 5.69 Å². The van der Waals surface area contributed by atoms with Crippen LogP contribution < -0.4 is 11.1 Å². The van der Waals surface area contributed by atoms with E-state index in [2.05, 4.69) is 10.4 Å². The number of nitrogens with two attached hydrogens (primary N) is 1. The molecule has 0 radical (unpaired) electrons. The average Bonchev–Trinajstić information content (AvgIpc) is 3.20. The Balaban J connectivity index is 1.63. The smallest absolute Gasteiger partial charge is 0.274 e. The van der Waals surface area contributed by atoms with Gasteiger partial charge in [0.2, 0.25) is 0 Å². The van der Waals surface area contributed by atoms with Gasteiger partial charge in [0.15, 0.2) is 0 Å². The molecule has 162 valence electrons. The lowest BCUT2D eigenvalue weighted by atomic mass is 10.0. The van der Waals surface area contributed by atoms with Gasteiger partial charge in [0, 0.05) is 12.2 Å². The van der Waals surface area contributed by atoms with Gasteiger partial charge in [-0.1, -0.05) is 42.5 Å². The number of carbonyl (C=O) groups is 1. The highest BCUT2D eigenvalue weighted by Gasteiger charge is 2.18. The van der Waals surface area contributed by atoms with Crippen molar-refractivity contribution in [2.24, 2.45) is 5.73 Å². The number of halogens is 1. The summed E-state index contributed by atoms with van der Waals surface area (Å²) in [6.07, 6.45) is -1.02. The molecule has 1 aromatic heterocycles. The molecule has 6 nitrogen and oxygen atoms in total. The molecule has 0 fully saturated rings. The third-order valence-electron chi connectivity index (χ3n) is 5.06. The summed E-state index contributed by atoms with van der Waals surface area (Å²) in [5.41, 5.74) is 9.50. The first-order chi connectivity index (χ1) is 15.4. The fourth-order valence-electron chi connectivity index (χ4n) is 3.54. The van der Waals surface area contributed by atoms with Crippen molar-refractivity contribution in [3.05, 3.63) is 113 Å². The van der Waals surface area contributed by atoms with Gasteiger partial charge in [-0.15, -0.1) is 0 Å². The van der Waals surface area contributed by atoms with Crippen molar-refractivity contribution in [3.63, 3.8) is 0 Å². The van der Waals surface area contributed by atoms with E-state index in [9.17, 15) is 14.3 Å². The topological polar surface area (TPSA) is 93.2 Å². The number of aromatic nitrogens is 2. The third-order valence-corrected chi connectivity index (χ3v) is 5.06. The molecule has 4 rings (SSSR count). The maximum Gasteiger partial charge on any atom is 0.274 e. The molecule has 0 saturated carbocycles. The summed E-state index contributed by atoms with van der Waals surface area (Å²) in [4.78, 5) is 13.1. The van der Waals surface area contributed by atoms with Crippen molar-refractivity contribution in [3.8, 4) is 5.69 Å². The van der Waals surface area contributed by atoms with E-state index >= 15 is 0 Å². The number of carbonyl (C=O) groups excluding carboxylic acids is 1. The van der Waals surface area contributed by atoms with Gasteiger partial charge in [0.05, 0.1) is 11.4 Å². The second-order valence-electron chi connectivity index (χ2n) is 7.50. The van der Waals surface area contributed by atoms with Crippen LogP contribution in [-0.4, -0.2) is 20.8 Å². The Morgan fingerprint density at radius 2 is 1.84 bits per heavy atom. The summed E-state index contributed by atoms with van der Waals surface area (Å²) in [6, 6.07) is 22.0. The number of anilines is 1. The van der Waals surface area contributed by atoms with E-state index in [-0.39, 0.29) is 5.69 Å². The van der Waals surface area contributed by atoms with E-state index in [1.165, 1.54) is 16.8 Å². The summed E-state index contributed by atoms with van der Waals surface area (Å²) < 4.78 is 15.8. The standard InChI is InChI=1S/C25H23FN4O2/c1-16-10-23(30(29-16)22-9-5-6-17(11-22)15-27)25(32)28-21-13-19(12-20(26)14-21)24(31)18-7-3-2-4-8-18/h2-14,24,31H,15,27H2,1H3,(H,28,32). The zero-order chi connectivity index (χ0) is 22.7. The average molecular weight is 430 g/mol. The Hall–Kier alpha value is -3.81. The molecular weight excluding hydrogens is 407 g/mol. The molecule has 4 N–H and O–H groups in total. The monoisotopic (exact) mass is 430 g/mol. The molecular formula is C25H23FN4O2. The number of nitrogens with one attached hydrogen (secondary N) is 1. The number of nitrogens with zero attached hydrogens (tertiary/aromatic N) is 2. The van der Waals surface area contributed by atoms with Crippen molar-refractivity contribution >= 4 is 11.6 Å². The molecule has 1 heterocycles.